The minimum Gasteiger partial charge on any atom is -1.00 e. The molecule has 2 rings (SSSR count). The fourth-order valence-corrected chi connectivity index (χ4v) is 2.04. The molecule has 0 saturated carbocycles. The molecule has 0 fully saturated rings. The van der Waals surface area contributed by atoms with Crippen molar-refractivity contribution in [2.75, 3.05) is 0 Å². The summed E-state index contributed by atoms with van der Waals surface area (Å²) in [5, 5.41) is 8.54. The Kier molecular flexibility index (Phi) is 4.84. The molecule has 0 spiro atoms. The maximum atomic E-state index is 8.54. The minimum absolute atomic E-state index is 0. The first-order chi connectivity index (χ1) is 7.38. The summed E-state index contributed by atoms with van der Waals surface area (Å²) >= 11 is 1.68. The van der Waals surface area contributed by atoms with Gasteiger partial charge in [0.1, 0.15) is 0 Å². The molecule has 0 aliphatic carbocycles. The van der Waals surface area contributed by atoms with Gasteiger partial charge in [-0.3, -0.25) is 0 Å². The first-order valence-corrected chi connectivity index (χ1v) is 5.38. The Labute approximate surface area is 105 Å². The summed E-state index contributed by atoms with van der Waals surface area (Å²) in [6.45, 7) is 0. The van der Waals surface area contributed by atoms with Crippen LogP contribution in [0.1, 0.15) is 0 Å². The van der Waals surface area contributed by atoms with Crippen molar-refractivity contribution in [3.05, 3.63) is 59.6 Å². The summed E-state index contributed by atoms with van der Waals surface area (Å²) in [5.41, 5.74) is 0.576. The standard InChI is InChI=1S/C12H9N2S.ClH/c13-14-10-6-8-12(9-7-10)15-11-4-2-1-3-5-11;/h1-9H;1H/q+1;/p-1. The summed E-state index contributed by atoms with van der Waals surface area (Å²) in [4.78, 5) is 5.44. The van der Waals surface area contributed by atoms with Gasteiger partial charge >= 0.3 is 5.69 Å². The molecule has 0 heterocycles. The van der Waals surface area contributed by atoms with Crippen molar-refractivity contribution in [3.8, 4) is 0 Å². The van der Waals surface area contributed by atoms with Crippen LogP contribution in [0.4, 0.5) is 5.69 Å². The fraction of sp³-hybridized carbons (Fsp3) is 0. The van der Waals surface area contributed by atoms with Gasteiger partial charge in [-0.25, -0.2) is 0 Å². The normalized spacial score (nSPS) is 8.94. The van der Waals surface area contributed by atoms with E-state index in [1.165, 1.54) is 4.90 Å². The molecule has 16 heavy (non-hydrogen) atoms. The van der Waals surface area contributed by atoms with E-state index in [2.05, 4.69) is 17.1 Å². The van der Waals surface area contributed by atoms with E-state index >= 15 is 0 Å². The largest absolute Gasteiger partial charge is 1.00 e. The van der Waals surface area contributed by atoms with Crippen molar-refractivity contribution < 1.29 is 12.4 Å². The third kappa shape index (κ3) is 3.27. The fourth-order valence-electron chi connectivity index (χ4n) is 1.21. The van der Waals surface area contributed by atoms with Crippen molar-refractivity contribution in [1.29, 1.82) is 5.39 Å². The van der Waals surface area contributed by atoms with Gasteiger partial charge in [0, 0.05) is 21.9 Å². The van der Waals surface area contributed by atoms with Gasteiger partial charge in [-0.1, -0.05) is 30.0 Å². The number of benzene rings is 2. The van der Waals surface area contributed by atoms with Crippen LogP contribution in [0.3, 0.4) is 0 Å². The molecule has 0 aliphatic rings. The second kappa shape index (κ2) is 6.16. The molecule has 0 amide bonds. The van der Waals surface area contributed by atoms with Crippen LogP contribution in [0.2, 0.25) is 0 Å². The van der Waals surface area contributed by atoms with E-state index in [1.54, 1.807) is 23.9 Å². The van der Waals surface area contributed by atoms with Crippen molar-refractivity contribution >= 4 is 17.4 Å². The van der Waals surface area contributed by atoms with Crippen molar-refractivity contribution in [2.24, 2.45) is 0 Å². The van der Waals surface area contributed by atoms with Crippen LogP contribution in [0, 0.1) is 5.39 Å². The van der Waals surface area contributed by atoms with Gasteiger partial charge in [0.05, 0.1) is 0 Å². The average molecular weight is 249 g/mol. The van der Waals surface area contributed by atoms with Gasteiger partial charge in [0.15, 0.2) is 4.98 Å². The smallest absolute Gasteiger partial charge is 0.385 e. The molecule has 0 radical (unpaired) electrons. The lowest BCUT2D eigenvalue weighted by atomic mass is 10.3. The first-order valence-electron chi connectivity index (χ1n) is 4.56. The number of halogens is 1. The van der Waals surface area contributed by atoms with E-state index in [0.29, 0.717) is 5.69 Å². The van der Waals surface area contributed by atoms with E-state index < -0.39 is 0 Å². The van der Waals surface area contributed by atoms with Gasteiger partial charge in [0.25, 0.3) is 0 Å². The van der Waals surface area contributed by atoms with Crippen LogP contribution in [-0.4, -0.2) is 0 Å². The number of hydrogen-bond donors (Lipinski definition) is 0. The summed E-state index contributed by atoms with van der Waals surface area (Å²) < 4.78 is 0. The summed E-state index contributed by atoms with van der Waals surface area (Å²) in [7, 11) is 0. The molecule has 0 N–H and O–H groups in total. The lowest BCUT2D eigenvalue weighted by molar-refractivity contribution is -0.00000315. The monoisotopic (exact) mass is 248 g/mol. The quantitative estimate of drug-likeness (QED) is 0.750. The Hall–Kier alpha value is -1.50. The maximum absolute atomic E-state index is 8.54. The third-order valence-corrected chi connectivity index (χ3v) is 2.95. The van der Waals surface area contributed by atoms with Gasteiger partial charge in [-0.15, -0.1) is 0 Å². The Morgan fingerprint density at radius 1 is 0.812 bits per heavy atom. The molecule has 0 aromatic heterocycles. The predicted octanol–water partition coefficient (Wildman–Crippen LogP) is 1.33. The SMILES string of the molecule is N#[N+]c1ccc(Sc2ccccc2)cc1.[Cl-]. The van der Waals surface area contributed by atoms with Crippen LogP contribution in [0.25, 0.3) is 4.98 Å². The molecule has 2 nitrogen and oxygen atoms in total. The van der Waals surface area contributed by atoms with Gasteiger partial charge in [-0.05, 0) is 24.3 Å². The molecule has 0 unspecified atom stereocenters. The van der Waals surface area contributed by atoms with E-state index in [1.807, 2.05) is 30.3 Å². The second-order valence-corrected chi connectivity index (χ2v) is 4.16. The molecular weight excluding hydrogens is 240 g/mol. The Morgan fingerprint density at radius 2 is 1.38 bits per heavy atom. The molecule has 2 aromatic carbocycles. The molecule has 0 aliphatic heterocycles. The number of hydrogen-bond acceptors (Lipinski definition) is 2. The average Bonchev–Trinajstić information content (AvgIpc) is 2.31. The third-order valence-electron chi connectivity index (χ3n) is 1.93. The Balaban J connectivity index is 0.00000128. The second-order valence-electron chi connectivity index (χ2n) is 3.01. The van der Waals surface area contributed by atoms with Gasteiger partial charge in [-0.2, -0.15) is 0 Å². The number of rotatable bonds is 2. The zero-order valence-electron chi connectivity index (χ0n) is 8.38. The summed E-state index contributed by atoms with van der Waals surface area (Å²) in [5.74, 6) is 0. The highest BCUT2D eigenvalue weighted by Crippen LogP contribution is 2.28. The highest BCUT2D eigenvalue weighted by atomic mass is 35.5. The maximum Gasteiger partial charge on any atom is 0.385 e. The van der Waals surface area contributed by atoms with E-state index in [4.69, 9.17) is 5.39 Å². The lowest BCUT2D eigenvalue weighted by Gasteiger charge is -1.98. The highest BCUT2D eigenvalue weighted by Gasteiger charge is 2.03. The zero-order chi connectivity index (χ0) is 10.5. The van der Waals surface area contributed by atoms with Crippen LogP contribution < -0.4 is 12.4 Å². The minimum atomic E-state index is 0. The van der Waals surface area contributed by atoms with Gasteiger partial charge < -0.3 is 12.4 Å². The van der Waals surface area contributed by atoms with E-state index in [-0.39, 0.29) is 12.4 Å². The van der Waals surface area contributed by atoms with Gasteiger partial charge in [0.2, 0.25) is 5.39 Å². The van der Waals surface area contributed by atoms with Crippen LogP contribution in [-0.2, 0) is 0 Å². The molecule has 0 bridgehead atoms. The summed E-state index contributed by atoms with van der Waals surface area (Å²) in [6.07, 6.45) is 0. The Bertz CT molecular complexity index is 477. The number of diazo groups is 1. The van der Waals surface area contributed by atoms with Crippen LogP contribution >= 0.6 is 11.8 Å². The van der Waals surface area contributed by atoms with E-state index in [9.17, 15) is 0 Å². The molecule has 4 heteroatoms. The number of nitrogens with zero attached hydrogens (tertiary/aromatic N) is 2. The molecule has 80 valence electrons. The predicted molar refractivity (Wildman–Crippen MR) is 61.8 cm³/mol. The molecule has 0 saturated heterocycles. The van der Waals surface area contributed by atoms with Crippen LogP contribution in [0.15, 0.2) is 64.4 Å². The van der Waals surface area contributed by atoms with E-state index in [0.717, 1.165) is 4.90 Å². The van der Waals surface area contributed by atoms with Crippen molar-refractivity contribution in [2.45, 2.75) is 9.79 Å². The molecule has 0 atom stereocenters. The summed E-state index contributed by atoms with van der Waals surface area (Å²) in [6, 6.07) is 17.6. The Morgan fingerprint density at radius 3 is 1.94 bits per heavy atom. The molecule has 2 aromatic rings. The highest BCUT2D eigenvalue weighted by molar-refractivity contribution is 7.99. The topological polar surface area (TPSA) is 28.1 Å². The van der Waals surface area contributed by atoms with Crippen LogP contribution in [0.5, 0.6) is 0 Å². The zero-order valence-corrected chi connectivity index (χ0v) is 9.95. The van der Waals surface area contributed by atoms with Crippen molar-refractivity contribution in [1.82, 2.24) is 0 Å². The first kappa shape index (κ1) is 12.6. The van der Waals surface area contributed by atoms with Crippen molar-refractivity contribution in [3.63, 3.8) is 0 Å². The molecular formula is C12H9ClN2S. The lowest BCUT2D eigenvalue weighted by Crippen LogP contribution is -3.00.